The van der Waals surface area contributed by atoms with Crippen LogP contribution in [-0.2, 0) is 0 Å². The lowest BCUT2D eigenvalue weighted by atomic mass is 10.1. The Morgan fingerprint density at radius 2 is 2.05 bits per heavy atom. The van der Waals surface area contributed by atoms with Gasteiger partial charge in [0.2, 0.25) is 0 Å². The molecule has 0 atom stereocenters. The van der Waals surface area contributed by atoms with E-state index in [4.69, 9.17) is 9.84 Å². The monoisotopic (exact) mass is 282 g/mol. The zero-order valence-corrected chi connectivity index (χ0v) is 11.5. The number of carbonyl (C=O) groups is 1. The maximum absolute atomic E-state index is 11.2. The van der Waals surface area contributed by atoms with Crippen LogP contribution in [0, 0.1) is 10.1 Å². The Hall–Kier alpha value is -2.15. The van der Waals surface area contributed by atoms with Gasteiger partial charge in [0.05, 0.1) is 4.92 Å². The summed E-state index contributed by atoms with van der Waals surface area (Å²) in [4.78, 5) is 23.4. The molecule has 0 radical (unpaired) electrons. The van der Waals surface area contributed by atoms with Crippen molar-refractivity contribution in [3.63, 3.8) is 0 Å². The van der Waals surface area contributed by atoms with Crippen molar-refractivity contribution in [2.24, 2.45) is 0 Å². The summed E-state index contributed by atoms with van der Waals surface area (Å²) >= 11 is 0. The zero-order chi connectivity index (χ0) is 15.1. The van der Waals surface area contributed by atoms with Crippen molar-refractivity contribution in [3.8, 4) is 5.75 Å². The average molecular weight is 282 g/mol. The molecule has 20 heavy (non-hydrogen) atoms. The Bertz CT molecular complexity index is 486. The summed E-state index contributed by atoms with van der Waals surface area (Å²) in [6.07, 6.45) is 0. The Balaban J connectivity index is 2.87. The number of ether oxygens (including phenoxy) is 1. The number of carboxylic acids is 1. The first-order valence-electron chi connectivity index (χ1n) is 6.37. The molecule has 0 bridgehead atoms. The van der Waals surface area contributed by atoms with Crippen molar-refractivity contribution in [1.29, 1.82) is 0 Å². The number of rotatable bonds is 8. The number of hydrogen-bond donors (Lipinski definition) is 1. The fraction of sp³-hybridized carbons (Fsp3) is 0.462. The van der Waals surface area contributed by atoms with E-state index in [0.717, 1.165) is 19.2 Å². The molecule has 0 saturated heterocycles. The van der Waals surface area contributed by atoms with E-state index in [1.165, 1.54) is 12.1 Å². The molecule has 0 aromatic heterocycles. The summed E-state index contributed by atoms with van der Waals surface area (Å²) in [5, 5.41) is 19.9. The molecule has 0 aliphatic heterocycles. The number of carboxylic acid groups (broad SMARTS) is 1. The van der Waals surface area contributed by atoms with Crippen molar-refractivity contribution in [1.82, 2.24) is 4.90 Å². The van der Waals surface area contributed by atoms with Crippen LogP contribution in [0.4, 0.5) is 5.69 Å². The molecule has 110 valence electrons. The average Bonchev–Trinajstić information content (AvgIpc) is 2.43. The summed E-state index contributed by atoms with van der Waals surface area (Å²) in [6.45, 7) is 6.66. The predicted molar refractivity (Wildman–Crippen MR) is 73.3 cm³/mol. The molecule has 0 unspecified atom stereocenters. The second-order valence-electron chi connectivity index (χ2n) is 4.09. The highest BCUT2D eigenvalue weighted by atomic mass is 16.6. The van der Waals surface area contributed by atoms with Gasteiger partial charge in [-0.1, -0.05) is 19.9 Å². The van der Waals surface area contributed by atoms with E-state index in [2.05, 4.69) is 4.90 Å². The summed E-state index contributed by atoms with van der Waals surface area (Å²) in [7, 11) is 0. The zero-order valence-electron chi connectivity index (χ0n) is 11.5. The highest BCUT2D eigenvalue weighted by Gasteiger charge is 2.24. The molecular weight excluding hydrogens is 264 g/mol. The van der Waals surface area contributed by atoms with E-state index in [-0.39, 0.29) is 12.4 Å². The van der Waals surface area contributed by atoms with Gasteiger partial charge in [-0.15, -0.1) is 0 Å². The molecular formula is C13H18N2O5. The Kier molecular flexibility index (Phi) is 5.92. The van der Waals surface area contributed by atoms with Crippen LogP contribution in [-0.4, -0.2) is 47.1 Å². The van der Waals surface area contributed by atoms with Gasteiger partial charge >= 0.3 is 5.97 Å². The second-order valence-corrected chi connectivity index (χ2v) is 4.09. The van der Waals surface area contributed by atoms with Crippen LogP contribution in [0.5, 0.6) is 5.75 Å². The minimum Gasteiger partial charge on any atom is -0.491 e. The van der Waals surface area contributed by atoms with Crippen LogP contribution in [0.2, 0.25) is 0 Å². The standard InChI is InChI=1S/C13H18N2O5/c1-3-14(4-2)8-9-20-11-7-5-6-10(15(18)19)12(11)13(16)17/h5-7H,3-4,8-9H2,1-2H3,(H,16,17). The molecule has 0 aliphatic rings. The fourth-order valence-electron chi connectivity index (χ4n) is 1.83. The van der Waals surface area contributed by atoms with Gasteiger partial charge in [0, 0.05) is 12.6 Å². The topological polar surface area (TPSA) is 92.9 Å². The lowest BCUT2D eigenvalue weighted by Crippen LogP contribution is -2.28. The van der Waals surface area contributed by atoms with Gasteiger partial charge in [-0.2, -0.15) is 0 Å². The second kappa shape index (κ2) is 7.44. The van der Waals surface area contributed by atoms with E-state index in [1.54, 1.807) is 0 Å². The van der Waals surface area contributed by atoms with Gasteiger partial charge in [0.25, 0.3) is 5.69 Å². The van der Waals surface area contributed by atoms with Crippen LogP contribution in [0.25, 0.3) is 0 Å². The number of hydrogen-bond acceptors (Lipinski definition) is 5. The molecule has 7 heteroatoms. The van der Waals surface area contributed by atoms with E-state index in [1.807, 2.05) is 13.8 Å². The molecule has 7 nitrogen and oxygen atoms in total. The minimum absolute atomic E-state index is 0.0267. The van der Waals surface area contributed by atoms with E-state index < -0.39 is 22.1 Å². The van der Waals surface area contributed by atoms with Gasteiger partial charge in [0.1, 0.15) is 12.4 Å². The molecule has 0 fully saturated rings. The largest absolute Gasteiger partial charge is 0.491 e. The van der Waals surface area contributed by atoms with Crippen molar-refractivity contribution < 1.29 is 19.6 Å². The molecule has 0 spiro atoms. The lowest BCUT2D eigenvalue weighted by molar-refractivity contribution is -0.385. The van der Waals surface area contributed by atoms with Crippen molar-refractivity contribution >= 4 is 11.7 Å². The minimum atomic E-state index is -1.37. The Morgan fingerprint density at radius 1 is 1.40 bits per heavy atom. The first kappa shape index (κ1) is 15.9. The molecule has 0 aliphatic carbocycles. The lowest BCUT2D eigenvalue weighted by Gasteiger charge is -2.18. The van der Waals surface area contributed by atoms with Gasteiger partial charge < -0.3 is 14.7 Å². The summed E-state index contributed by atoms with van der Waals surface area (Å²) in [5.74, 6) is -1.34. The first-order valence-corrected chi connectivity index (χ1v) is 6.37. The SMILES string of the molecule is CCN(CC)CCOc1cccc([N+](=O)[O-])c1C(=O)O. The molecule has 1 N–H and O–H groups in total. The molecule has 1 aromatic carbocycles. The third kappa shape index (κ3) is 3.92. The highest BCUT2D eigenvalue weighted by molar-refractivity contribution is 5.95. The summed E-state index contributed by atoms with van der Waals surface area (Å²) in [6, 6.07) is 4.00. The Labute approximate surface area is 116 Å². The third-order valence-corrected chi connectivity index (χ3v) is 2.97. The van der Waals surface area contributed by atoms with E-state index in [9.17, 15) is 14.9 Å². The molecule has 1 aromatic rings. The summed E-state index contributed by atoms with van der Waals surface area (Å²) < 4.78 is 5.40. The highest BCUT2D eigenvalue weighted by Crippen LogP contribution is 2.28. The maximum Gasteiger partial charge on any atom is 0.346 e. The van der Waals surface area contributed by atoms with Gasteiger partial charge in [-0.05, 0) is 19.2 Å². The van der Waals surface area contributed by atoms with E-state index >= 15 is 0 Å². The van der Waals surface area contributed by atoms with Crippen LogP contribution < -0.4 is 4.74 Å². The van der Waals surface area contributed by atoms with Crippen molar-refractivity contribution in [2.45, 2.75) is 13.8 Å². The Morgan fingerprint density at radius 3 is 2.55 bits per heavy atom. The van der Waals surface area contributed by atoms with E-state index in [0.29, 0.717) is 6.54 Å². The van der Waals surface area contributed by atoms with Crippen LogP contribution in [0.15, 0.2) is 18.2 Å². The number of likely N-dealkylation sites (N-methyl/N-ethyl adjacent to an activating group) is 1. The molecule has 1 rings (SSSR count). The number of nitro benzene ring substituents is 1. The van der Waals surface area contributed by atoms with Crippen molar-refractivity contribution in [3.05, 3.63) is 33.9 Å². The number of nitro groups is 1. The normalized spacial score (nSPS) is 10.6. The molecule has 0 heterocycles. The van der Waals surface area contributed by atoms with Gasteiger partial charge in [-0.3, -0.25) is 10.1 Å². The number of aromatic carboxylic acids is 1. The number of benzene rings is 1. The van der Waals surface area contributed by atoms with Gasteiger partial charge in [-0.25, -0.2) is 4.79 Å². The number of nitrogens with zero attached hydrogens (tertiary/aromatic N) is 2. The molecule has 0 amide bonds. The van der Waals surface area contributed by atoms with Gasteiger partial charge in [0.15, 0.2) is 5.56 Å². The van der Waals surface area contributed by atoms with Crippen molar-refractivity contribution in [2.75, 3.05) is 26.2 Å². The quantitative estimate of drug-likeness (QED) is 0.579. The first-order chi connectivity index (χ1) is 9.51. The molecule has 0 saturated carbocycles. The predicted octanol–water partition coefficient (Wildman–Crippen LogP) is 2.01. The fourth-order valence-corrected chi connectivity index (χ4v) is 1.83. The van der Waals surface area contributed by atoms with Crippen LogP contribution >= 0.6 is 0 Å². The smallest absolute Gasteiger partial charge is 0.346 e. The third-order valence-electron chi connectivity index (χ3n) is 2.97. The van der Waals surface area contributed by atoms with Crippen LogP contribution in [0.1, 0.15) is 24.2 Å². The maximum atomic E-state index is 11.2. The van der Waals surface area contributed by atoms with Crippen LogP contribution in [0.3, 0.4) is 0 Å². The summed E-state index contributed by atoms with van der Waals surface area (Å²) in [5.41, 5.74) is -0.866.